The van der Waals surface area contributed by atoms with Crippen LogP contribution in [0.3, 0.4) is 0 Å². The van der Waals surface area contributed by atoms with E-state index in [9.17, 15) is 4.39 Å². The fourth-order valence-electron chi connectivity index (χ4n) is 2.55. The van der Waals surface area contributed by atoms with Crippen molar-refractivity contribution in [3.05, 3.63) is 91.3 Å². The number of nitrogens with zero attached hydrogens (tertiary/aromatic N) is 3. The third-order valence-electron chi connectivity index (χ3n) is 3.79. The van der Waals surface area contributed by atoms with Gasteiger partial charge in [-0.15, -0.1) is 0 Å². The van der Waals surface area contributed by atoms with E-state index < -0.39 is 5.82 Å². The maximum absolute atomic E-state index is 13.5. The average molecular weight is 358 g/mol. The van der Waals surface area contributed by atoms with Crippen molar-refractivity contribution < 1.29 is 9.13 Å². The normalized spacial score (nSPS) is 10.4. The summed E-state index contributed by atoms with van der Waals surface area (Å²) in [7, 11) is 0. The highest BCUT2D eigenvalue weighted by Crippen LogP contribution is 2.31. The van der Waals surface area contributed by atoms with Crippen molar-refractivity contribution in [2.75, 3.05) is 5.32 Å². The summed E-state index contributed by atoms with van der Waals surface area (Å²) in [4.78, 5) is 12.4. The lowest BCUT2D eigenvalue weighted by atomic mass is 10.1. The number of hydrogen-bond donors (Lipinski definition) is 1. The molecule has 0 spiro atoms. The van der Waals surface area contributed by atoms with Crippen LogP contribution in [-0.4, -0.2) is 15.0 Å². The van der Waals surface area contributed by atoms with Crippen molar-refractivity contribution in [3.63, 3.8) is 0 Å². The molecule has 1 N–H and O–H groups in total. The molecule has 0 fully saturated rings. The predicted molar refractivity (Wildman–Crippen MR) is 101 cm³/mol. The Morgan fingerprint density at radius 3 is 2.48 bits per heavy atom. The molecule has 4 rings (SSSR count). The van der Waals surface area contributed by atoms with Gasteiger partial charge in [-0.3, -0.25) is 4.98 Å². The first-order valence-electron chi connectivity index (χ1n) is 8.30. The van der Waals surface area contributed by atoms with Crippen molar-refractivity contribution in [1.82, 2.24) is 15.0 Å². The molecule has 0 atom stereocenters. The molecule has 5 nitrogen and oxygen atoms in total. The molecule has 3 heterocycles. The number of pyridine rings is 3. The Morgan fingerprint density at radius 2 is 1.70 bits per heavy atom. The van der Waals surface area contributed by atoms with Gasteiger partial charge in [0.05, 0.1) is 6.20 Å². The molecule has 0 amide bonds. The van der Waals surface area contributed by atoms with Crippen LogP contribution in [-0.2, 0) is 0 Å². The number of anilines is 2. The second-order valence-electron chi connectivity index (χ2n) is 5.71. The molecule has 0 aliphatic rings. The standard InChI is InChI=1S/C21H15FN4O/c22-16-12-15(13-23-14-16)19-4-3-11-25-21(19)27-18-8-6-17(7-9-18)26-20-5-1-2-10-24-20/h1-14H,(H,24,26). The number of ether oxygens (including phenoxy) is 1. The van der Waals surface area contributed by atoms with E-state index in [1.807, 2.05) is 48.5 Å². The summed E-state index contributed by atoms with van der Waals surface area (Å²) in [6, 6.07) is 18.1. The Morgan fingerprint density at radius 1 is 0.852 bits per heavy atom. The summed E-state index contributed by atoms with van der Waals surface area (Å²) in [5, 5.41) is 3.21. The Labute approximate surface area is 155 Å². The van der Waals surface area contributed by atoms with Crippen molar-refractivity contribution >= 4 is 11.5 Å². The lowest BCUT2D eigenvalue weighted by molar-refractivity contribution is 0.465. The lowest BCUT2D eigenvalue weighted by Crippen LogP contribution is -1.94. The highest BCUT2D eigenvalue weighted by atomic mass is 19.1. The van der Waals surface area contributed by atoms with E-state index in [2.05, 4.69) is 20.3 Å². The zero-order chi connectivity index (χ0) is 18.5. The molecule has 1 aromatic carbocycles. The lowest BCUT2D eigenvalue weighted by Gasteiger charge is -2.11. The zero-order valence-electron chi connectivity index (χ0n) is 14.2. The highest BCUT2D eigenvalue weighted by molar-refractivity contribution is 5.68. The van der Waals surface area contributed by atoms with E-state index in [-0.39, 0.29) is 0 Å². The summed E-state index contributed by atoms with van der Waals surface area (Å²) < 4.78 is 19.4. The topological polar surface area (TPSA) is 59.9 Å². The van der Waals surface area contributed by atoms with Gasteiger partial charge in [-0.1, -0.05) is 6.07 Å². The van der Waals surface area contributed by atoms with Crippen molar-refractivity contribution in [2.45, 2.75) is 0 Å². The predicted octanol–water partition coefficient (Wildman–Crippen LogP) is 5.21. The molecular formula is C21H15FN4O. The van der Waals surface area contributed by atoms with Gasteiger partial charge in [0.15, 0.2) is 0 Å². The van der Waals surface area contributed by atoms with Gasteiger partial charge in [-0.05, 0) is 54.6 Å². The first-order chi connectivity index (χ1) is 13.3. The Balaban J connectivity index is 1.55. The molecule has 0 saturated carbocycles. The van der Waals surface area contributed by atoms with Crippen LogP contribution in [0.1, 0.15) is 0 Å². The Bertz CT molecular complexity index is 1040. The van der Waals surface area contributed by atoms with Gasteiger partial charge < -0.3 is 10.1 Å². The first-order valence-corrected chi connectivity index (χ1v) is 8.30. The number of rotatable bonds is 5. The molecule has 0 unspecified atom stereocenters. The molecule has 27 heavy (non-hydrogen) atoms. The molecule has 0 aliphatic heterocycles. The quantitative estimate of drug-likeness (QED) is 0.530. The number of benzene rings is 1. The minimum absolute atomic E-state index is 0.385. The van der Waals surface area contributed by atoms with E-state index in [0.29, 0.717) is 22.8 Å². The van der Waals surface area contributed by atoms with E-state index in [1.165, 1.54) is 6.07 Å². The highest BCUT2D eigenvalue weighted by Gasteiger charge is 2.10. The molecule has 0 bridgehead atoms. The van der Waals surface area contributed by atoms with Crippen LogP contribution in [0.4, 0.5) is 15.9 Å². The number of halogens is 1. The van der Waals surface area contributed by atoms with E-state index >= 15 is 0 Å². The fourth-order valence-corrected chi connectivity index (χ4v) is 2.55. The summed E-state index contributed by atoms with van der Waals surface area (Å²) in [5.41, 5.74) is 2.16. The van der Waals surface area contributed by atoms with Crippen molar-refractivity contribution in [2.24, 2.45) is 0 Å². The first kappa shape index (κ1) is 16.7. The van der Waals surface area contributed by atoms with Gasteiger partial charge in [0.25, 0.3) is 0 Å². The number of nitrogens with one attached hydrogen (secondary N) is 1. The van der Waals surface area contributed by atoms with E-state index in [4.69, 9.17) is 4.74 Å². The van der Waals surface area contributed by atoms with Gasteiger partial charge >= 0.3 is 0 Å². The fraction of sp³-hybridized carbons (Fsp3) is 0. The molecule has 0 radical (unpaired) electrons. The van der Waals surface area contributed by atoms with E-state index in [0.717, 1.165) is 17.7 Å². The molecule has 3 aromatic heterocycles. The van der Waals surface area contributed by atoms with Gasteiger partial charge in [0.1, 0.15) is 17.4 Å². The van der Waals surface area contributed by atoms with Gasteiger partial charge in [0.2, 0.25) is 5.88 Å². The Hall–Kier alpha value is -3.80. The summed E-state index contributed by atoms with van der Waals surface area (Å²) in [6.45, 7) is 0. The monoisotopic (exact) mass is 358 g/mol. The molecule has 0 saturated heterocycles. The third kappa shape index (κ3) is 4.07. The van der Waals surface area contributed by atoms with Crippen LogP contribution >= 0.6 is 0 Å². The second kappa shape index (κ2) is 7.61. The average Bonchev–Trinajstić information content (AvgIpc) is 2.71. The van der Waals surface area contributed by atoms with Crippen LogP contribution in [0.25, 0.3) is 11.1 Å². The summed E-state index contributed by atoms with van der Waals surface area (Å²) in [5.74, 6) is 1.35. The summed E-state index contributed by atoms with van der Waals surface area (Å²) >= 11 is 0. The van der Waals surface area contributed by atoms with Gasteiger partial charge in [0, 0.05) is 35.4 Å². The second-order valence-corrected chi connectivity index (χ2v) is 5.71. The van der Waals surface area contributed by atoms with Crippen LogP contribution in [0, 0.1) is 5.82 Å². The zero-order valence-corrected chi connectivity index (χ0v) is 14.2. The third-order valence-corrected chi connectivity index (χ3v) is 3.79. The molecule has 0 aliphatic carbocycles. The molecule has 132 valence electrons. The molecular weight excluding hydrogens is 343 g/mol. The SMILES string of the molecule is Fc1cncc(-c2cccnc2Oc2ccc(Nc3ccccn3)cc2)c1. The number of aromatic nitrogens is 3. The van der Waals surface area contributed by atoms with Gasteiger partial charge in [-0.2, -0.15) is 0 Å². The number of hydrogen-bond acceptors (Lipinski definition) is 5. The smallest absolute Gasteiger partial charge is 0.227 e. The van der Waals surface area contributed by atoms with Crippen LogP contribution < -0.4 is 10.1 Å². The minimum atomic E-state index is -0.410. The van der Waals surface area contributed by atoms with Gasteiger partial charge in [-0.25, -0.2) is 14.4 Å². The minimum Gasteiger partial charge on any atom is -0.438 e. The maximum atomic E-state index is 13.5. The van der Waals surface area contributed by atoms with Crippen molar-refractivity contribution in [1.29, 1.82) is 0 Å². The van der Waals surface area contributed by atoms with Crippen LogP contribution in [0.15, 0.2) is 85.5 Å². The largest absolute Gasteiger partial charge is 0.438 e. The van der Waals surface area contributed by atoms with Crippen LogP contribution in [0.2, 0.25) is 0 Å². The van der Waals surface area contributed by atoms with Crippen molar-refractivity contribution in [3.8, 4) is 22.8 Å². The summed E-state index contributed by atoms with van der Waals surface area (Å²) in [6.07, 6.45) is 6.09. The van der Waals surface area contributed by atoms with E-state index in [1.54, 1.807) is 24.7 Å². The maximum Gasteiger partial charge on any atom is 0.227 e. The van der Waals surface area contributed by atoms with Crippen LogP contribution in [0.5, 0.6) is 11.6 Å². The Kier molecular flexibility index (Phi) is 4.70. The molecule has 6 heteroatoms. The molecule has 4 aromatic rings.